The molecule has 1 fully saturated rings. The molecule has 0 saturated heterocycles. The van der Waals surface area contributed by atoms with Crippen molar-refractivity contribution in [3.05, 3.63) is 36.0 Å². The second kappa shape index (κ2) is 4.30. The summed E-state index contributed by atoms with van der Waals surface area (Å²) in [7, 11) is 0. The van der Waals surface area contributed by atoms with Crippen LogP contribution in [-0.4, -0.2) is 10.9 Å². The summed E-state index contributed by atoms with van der Waals surface area (Å²) in [6.45, 7) is 0. The Balaban J connectivity index is 2.18. The van der Waals surface area contributed by atoms with E-state index in [0.29, 0.717) is 5.56 Å². The van der Waals surface area contributed by atoms with Gasteiger partial charge in [0.2, 0.25) is 0 Å². The Morgan fingerprint density at radius 2 is 2.17 bits per heavy atom. The van der Waals surface area contributed by atoms with Crippen LogP contribution >= 0.6 is 0 Å². The molecule has 2 unspecified atom stereocenters. The van der Waals surface area contributed by atoms with Gasteiger partial charge >= 0.3 is 0 Å². The van der Waals surface area contributed by atoms with Crippen LogP contribution in [0.5, 0.6) is 0 Å². The van der Waals surface area contributed by atoms with Crippen molar-refractivity contribution in [1.29, 1.82) is 5.26 Å². The zero-order valence-corrected chi connectivity index (χ0v) is 10.0. The molecule has 3 heteroatoms. The minimum atomic E-state index is 0.0901. The number of rotatable bonds is 2. The summed E-state index contributed by atoms with van der Waals surface area (Å²) in [5.74, 6) is 0.0901. The normalized spacial score (nSPS) is 23.1. The first-order chi connectivity index (χ1) is 8.85. The molecule has 2 atom stereocenters. The third-order valence-electron chi connectivity index (χ3n) is 3.92. The largest absolute Gasteiger partial charge is 0.342 e. The monoisotopic (exact) mass is 238 g/mol. The third-order valence-corrected chi connectivity index (χ3v) is 3.92. The number of carbonyl (C=O) groups excluding carboxylic acids is 1. The summed E-state index contributed by atoms with van der Waals surface area (Å²) in [6, 6.07) is 10.4. The molecule has 2 aromatic rings. The van der Waals surface area contributed by atoms with Crippen molar-refractivity contribution < 1.29 is 4.79 Å². The van der Waals surface area contributed by atoms with Gasteiger partial charge in [0, 0.05) is 29.1 Å². The molecule has 1 aromatic carbocycles. The zero-order chi connectivity index (χ0) is 12.5. The highest BCUT2D eigenvalue weighted by molar-refractivity contribution is 5.86. The van der Waals surface area contributed by atoms with Crippen molar-refractivity contribution in [3.63, 3.8) is 0 Å². The van der Waals surface area contributed by atoms with E-state index >= 15 is 0 Å². The second-order valence-electron chi connectivity index (χ2n) is 4.88. The van der Waals surface area contributed by atoms with E-state index in [1.807, 2.05) is 30.5 Å². The summed E-state index contributed by atoms with van der Waals surface area (Å²) in [4.78, 5) is 11.1. The molecule has 0 aliphatic heterocycles. The first-order valence-corrected chi connectivity index (χ1v) is 6.30. The Morgan fingerprint density at radius 1 is 1.33 bits per heavy atom. The van der Waals surface area contributed by atoms with Gasteiger partial charge in [-0.3, -0.25) is 0 Å². The smallest absolute Gasteiger partial charge is 0.125 e. The van der Waals surface area contributed by atoms with Gasteiger partial charge < -0.3 is 9.36 Å². The summed E-state index contributed by atoms with van der Waals surface area (Å²) in [5, 5.41) is 10.2. The zero-order valence-electron chi connectivity index (χ0n) is 10.0. The Kier molecular flexibility index (Phi) is 2.64. The number of para-hydroxylation sites is 1. The van der Waals surface area contributed by atoms with Crippen molar-refractivity contribution in [2.24, 2.45) is 5.92 Å². The van der Waals surface area contributed by atoms with Gasteiger partial charge in [-0.25, -0.2) is 0 Å². The molecule has 18 heavy (non-hydrogen) atoms. The highest BCUT2D eigenvalue weighted by atomic mass is 16.1. The van der Waals surface area contributed by atoms with Crippen LogP contribution in [0.15, 0.2) is 30.5 Å². The molecule has 1 saturated carbocycles. The number of carbonyl (C=O) groups is 1. The molecule has 1 aromatic heterocycles. The van der Waals surface area contributed by atoms with Crippen LogP contribution in [-0.2, 0) is 4.79 Å². The Hall–Kier alpha value is -2.08. The van der Waals surface area contributed by atoms with Gasteiger partial charge in [-0.05, 0) is 18.9 Å². The molecule has 1 heterocycles. The van der Waals surface area contributed by atoms with Crippen molar-refractivity contribution in [2.75, 3.05) is 0 Å². The minimum absolute atomic E-state index is 0.0901. The number of nitrogens with zero attached hydrogens (tertiary/aromatic N) is 2. The Labute approximate surface area is 106 Å². The van der Waals surface area contributed by atoms with E-state index in [4.69, 9.17) is 0 Å². The van der Waals surface area contributed by atoms with Crippen molar-refractivity contribution in [3.8, 4) is 6.07 Å². The number of hydrogen-bond acceptors (Lipinski definition) is 2. The lowest BCUT2D eigenvalue weighted by atomic mass is 10.1. The summed E-state index contributed by atoms with van der Waals surface area (Å²) >= 11 is 0. The maximum Gasteiger partial charge on any atom is 0.125 e. The van der Waals surface area contributed by atoms with Crippen LogP contribution in [0.1, 0.15) is 30.9 Å². The molecule has 0 radical (unpaired) electrons. The second-order valence-corrected chi connectivity index (χ2v) is 4.88. The van der Waals surface area contributed by atoms with E-state index in [2.05, 4.69) is 10.6 Å². The molecular formula is C15H14N2O. The molecule has 90 valence electrons. The van der Waals surface area contributed by atoms with Crippen molar-refractivity contribution in [2.45, 2.75) is 25.3 Å². The fourth-order valence-electron chi connectivity index (χ4n) is 3.04. The highest BCUT2D eigenvalue weighted by Crippen LogP contribution is 2.37. The minimum Gasteiger partial charge on any atom is -0.342 e. The fraction of sp³-hybridized carbons (Fsp3) is 0.333. The fourth-order valence-corrected chi connectivity index (χ4v) is 3.04. The average Bonchev–Trinajstić information content (AvgIpc) is 3.02. The lowest BCUT2D eigenvalue weighted by molar-refractivity contribution is -0.111. The van der Waals surface area contributed by atoms with E-state index in [9.17, 15) is 10.1 Å². The van der Waals surface area contributed by atoms with Gasteiger partial charge in [0.25, 0.3) is 0 Å². The van der Waals surface area contributed by atoms with E-state index in [-0.39, 0.29) is 12.0 Å². The van der Waals surface area contributed by atoms with Crippen LogP contribution in [0.25, 0.3) is 10.9 Å². The number of hydrogen-bond donors (Lipinski definition) is 0. The number of aldehydes is 1. The van der Waals surface area contributed by atoms with Gasteiger partial charge in [0.15, 0.2) is 0 Å². The summed E-state index contributed by atoms with van der Waals surface area (Å²) in [6.07, 6.45) is 6.04. The Morgan fingerprint density at radius 3 is 2.94 bits per heavy atom. The lowest BCUT2D eigenvalue weighted by Gasteiger charge is -2.17. The molecule has 0 amide bonds. The molecule has 3 nitrogen and oxygen atoms in total. The van der Waals surface area contributed by atoms with Crippen LogP contribution < -0.4 is 0 Å². The van der Waals surface area contributed by atoms with Crippen molar-refractivity contribution >= 4 is 17.2 Å². The molecule has 1 aliphatic carbocycles. The van der Waals surface area contributed by atoms with E-state index in [1.165, 1.54) is 0 Å². The molecule has 0 spiro atoms. The number of aromatic nitrogens is 1. The molecule has 1 aliphatic rings. The standard InChI is InChI=1S/C15H14N2O/c16-8-12-9-17(14-7-3-4-11(14)10-18)15-6-2-1-5-13(12)15/h1-2,5-6,9-11,14H,3-4,7H2. The molecule has 0 N–H and O–H groups in total. The van der Waals surface area contributed by atoms with Crippen LogP contribution in [0.2, 0.25) is 0 Å². The van der Waals surface area contributed by atoms with Gasteiger partial charge in [0.05, 0.1) is 5.56 Å². The molecule has 3 rings (SSSR count). The average molecular weight is 238 g/mol. The number of nitriles is 1. The van der Waals surface area contributed by atoms with Crippen molar-refractivity contribution in [1.82, 2.24) is 4.57 Å². The predicted molar refractivity (Wildman–Crippen MR) is 69.1 cm³/mol. The maximum absolute atomic E-state index is 11.1. The van der Waals surface area contributed by atoms with Gasteiger partial charge in [-0.15, -0.1) is 0 Å². The highest BCUT2D eigenvalue weighted by Gasteiger charge is 2.29. The topological polar surface area (TPSA) is 45.8 Å². The van der Waals surface area contributed by atoms with E-state index < -0.39 is 0 Å². The summed E-state index contributed by atoms with van der Waals surface area (Å²) in [5.41, 5.74) is 1.76. The predicted octanol–water partition coefficient (Wildman–Crippen LogP) is 3.05. The summed E-state index contributed by atoms with van der Waals surface area (Å²) < 4.78 is 2.12. The van der Waals surface area contributed by atoms with Crippen LogP contribution in [0, 0.1) is 17.2 Å². The maximum atomic E-state index is 11.1. The Bertz CT molecular complexity index is 635. The SMILES string of the molecule is N#Cc1cn(C2CCCC2C=O)c2ccccc12. The van der Waals surface area contributed by atoms with E-state index in [0.717, 1.165) is 36.5 Å². The lowest BCUT2D eigenvalue weighted by Crippen LogP contribution is -2.14. The van der Waals surface area contributed by atoms with Gasteiger partial charge in [0.1, 0.15) is 12.4 Å². The van der Waals surface area contributed by atoms with Crippen LogP contribution in [0.4, 0.5) is 0 Å². The molecule has 0 bridgehead atoms. The number of fused-ring (bicyclic) bond motifs is 1. The van der Waals surface area contributed by atoms with Crippen LogP contribution in [0.3, 0.4) is 0 Å². The van der Waals surface area contributed by atoms with Gasteiger partial charge in [-0.2, -0.15) is 5.26 Å². The molecular weight excluding hydrogens is 224 g/mol. The first-order valence-electron chi connectivity index (χ1n) is 6.30. The quantitative estimate of drug-likeness (QED) is 0.755. The third kappa shape index (κ3) is 1.53. The van der Waals surface area contributed by atoms with Gasteiger partial charge in [-0.1, -0.05) is 24.6 Å². The van der Waals surface area contributed by atoms with E-state index in [1.54, 1.807) is 0 Å². The number of benzene rings is 1. The first kappa shape index (κ1) is 11.0.